The van der Waals surface area contributed by atoms with Crippen LogP contribution in [0.1, 0.15) is 27.2 Å². The van der Waals surface area contributed by atoms with E-state index in [1.807, 2.05) is 13.8 Å². The topological polar surface area (TPSA) is 23.5 Å². The van der Waals surface area contributed by atoms with Gasteiger partial charge in [0.15, 0.2) is 0 Å². The summed E-state index contributed by atoms with van der Waals surface area (Å²) in [6.07, 6.45) is 1.24. The fourth-order valence-electron chi connectivity index (χ4n) is 1.52. The van der Waals surface area contributed by atoms with Gasteiger partial charge in [0.1, 0.15) is 0 Å². The van der Waals surface area contributed by atoms with Crippen LogP contribution in [0, 0.1) is 5.92 Å². The lowest BCUT2D eigenvalue weighted by molar-refractivity contribution is 0.160. The minimum Gasteiger partial charge on any atom is -0.395 e. The van der Waals surface area contributed by atoms with E-state index >= 15 is 0 Å². The Morgan fingerprint density at radius 1 is 1.45 bits per heavy atom. The third-order valence-corrected chi connectivity index (χ3v) is 2.35. The molecule has 1 N–H and O–H groups in total. The molecule has 0 bridgehead atoms. The van der Waals surface area contributed by atoms with Crippen molar-refractivity contribution >= 4 is 0 Å². The summed E-state index contributed by atoms with van der Waals surface area (Å²) in [5.74, 6) is 0.681. The van der Waals surface area contributed by atoms with Gasteiger partial charge >= 0.3 is 0 Å². The number of hydrogen-bond acceptors (Lipinski definition) is 2. The average Bonchev–Trinajstić information content (AvgIpc) is 2.35. The Balaban J connectivity index is 0.000000461. The van der Waals surface area contributed by atoms with Gasteiger partial charge in [-0.15, -0.1) is 0 Å². The number of aliphatic hydroxyl groups excluding tert-OH is 1. The van der Waals surface area contributed by atoms with Crippen LogP contribution in [0.2, 0.25) is 0 Å². The first kappa shape index (κ1) is 10.9. The third kappa shape index (κ3) is 2.80. The summed E-state index contributed by atoms with van der Waals surface area (Å²) in [5, 5.41) is 8.87. The quantitative estimate of drug-likeness (QED) is 0.624. The first-order valence-corrected chi connectivity index (χ1v) is 4.57. The van der Waals surface area contributed by atoms with E-state index in [1.54, 1.807) is 0 Å². The number of likely N-dealkylation sites (N-methyl/N-ethyl adjacent to an activating group) is 1. The van der Waals surface area contributed by atoms with Crippen LogP contribution in [0.4, 0.5) is 0 Å². The Morgan fingerprint density at radius 3 is 2.18 bits per heavy atom. The number of aliphatic hydroxyl groups is 1. The second kappa shape index (κ2) is 5.56. The molecule has 0 saturated carbocycles. The molecule has 1 fully saturated rings. The molecule has 0 aromatic heterocycles. The van der Waals surface area contributed by atoms with Crippen molar-refractivity contribution in [3.8, 4) is 0 Å². The lowest BCUT2D eigenvalue weighted by Crippen LogP contribution is -2.31. The Kier molecular flexibility index (Phi) is 5.51. The summed E-state index contributed by atoms with van der Waals surface area (Å²) in [5.41, 5.74) is 0. The Labute approximate surface area is 70.2 Å². The molecule has 1 rings (SSSR count). The maximum Gasteiger partial charge on any atom is 0.0589 e. The molecule has 0 radical (unpaired) electrons. The standard InChI is InChI=1S/C7H15NO.C2H6/c1-6-3-4-8(2)7(6)5-9;1-2/h6-7,9H,3-5H2,1-2H3;1-2H3. The SMILES string of the molecule is CC.CC1CCN(C)C1CO. The smallest absolute Gasteiger partial charge is 0.0589 e. The summed E-state index contributed by atoms with van der Waals surface area (Å²) in [6.45, 7) is 7.66. The summed E-state index contributed by atoms with van der Waals surface area (Å²) in [6, 6.07) is 0.421. The van der Waals surface area contributed by atoms with Gasteiger partial charge < -0.3 is 10.0 Å². The van der Waals surface area contributed by atoms with E-state index in [2.05, 4.69) is 18.9 Å². The predicted molar refractivity (Wildman–Crippen MR) is 48.6 cm³/mol. The fraction of sp³-hybridized carbons (Fsp3) is 1.00. The van der Waals surface area contributed by atoms with Crippen LogP contribution in [0.25, 0.3) is 0 Å². The molecule has 0 aliphatic carbocycles. The molecule has 2 unspecified atom stereocenters. The van der Waals surface area contributed by atoms with Crippen LogP contribution in [0.15, 0.2) is 0 Å². The zero-order chi connectivity index (χ0) is 8.85. The van der Waals surface area contributed by atoms with E-state index in [9.17, 15) is 0 Å². The van der Waals surface area contributed by atoms with Crippen molar-refractivity contribution in [2.24, 2.45) is 5.92 Å². The van der Waals surface area contributed by atoms with Crippen molar-refractivity contribution < 1.29 is 5.11 Å². The van der Waals surface area contributed by atoms with Gasteiger partial charge in [-0.05, 0) is 25.9 Å². The maximum atomic E-state index is 8.87. The van der Waals surface area contributed by atoms with Crippen molar-refractivity contribution in [1.29, 1.82) is 0 Å². The van der Waals surface area contributed by atoms with Crippen molar-refractivity contribution in [1.82, 2.24) is 4.90 Å². The lowest BCUT2D eigenvalue weighted by atomic mass is 10.0. The fourth-order valence-corrected chi connectivity index (χ4v) is 1.52. The van der Waals surface area contributed by atoms with Crippen LogP contribution < -0.4 is 0 Å². The molecule has 68 valence electrons. The van der Waals surface area contributed by atoms with Gasteiger partial charge in [0, 0.05) is 6.04 Å². The van der Waals surface area contributed by atoms with Gasteiger partial charge in [-0.3, -0.25) is 0 Å². The van der Waals surface area contributed by atoms with Gasteiger partial charge in [-0.2, -0.15) is 0 Å². The number of nitrogens with zero attached hydrogens (tertiary/aromatic N) is 1. The maximum absolute atomic E-state index is 8.87. The number of rotatable bonds is 1. The Hall–Kier alpha value is -0.0800. The molecule has 0 aromatic carbocycles. The second-order valence-electron chi connectivity index (χ2n) is 3.00. The second-order valence-corrected chi connectivity index (χ2v) is 3.00. The van der Waals surface area contributed by atoms with Gasteiger partial charge in [-0.1, -0.05) is 20.8 Å². The van der Waals surface area contributed by atoms with E-state index in [-0.39, 0.29) is 0 Å². The monoisotopic (exact) mass is 159 g/mol. The molecule has 0 aromatic rings. The zero-order valence-electron chi connectivity index (χ0n) is 8.17. The highest BCUT2D eigenvalue weighted by Gasteiger charge is 2.26. The average molecular weight is 159 g/mol. The molecular weight excluding hydrogens is 138 g/mol. The number of likely N-dealkylation sites (tertiary alicyclic amines) is 1. The highest BCUT2D eigenvalue weighted by Crippen LogP contribution is 2.20. The highest BCUT2D eigenvalue weighted by atomic mass is 16.3. The Morgan fingerprint density at radius 2 is 2.00 bits per heavy atom. The molecule has 2 heteroatoms. The molecule has 2 atom stereocenters. The molecule has 1 heterocycles. The van der Waals surface area contributed by atoms with Gasteiger partial charge in [0.2, 0.25) is 0 Å². The first-order valence-electron chi connectivity index (χ1n) is 4.57. The van der Waals surface area contributed by atoms with Crippen LogP contribution >= 0.6 is 0 Å². The molecular formula is C9H21NO. The molecule has 1 aliphatic heterocycles. The van der Waals surface area contributed by atoms with Crippen LogP contribution in [0.3, 0.4) is 0 Å². The summed E-state index contributed by atoms with van der Waals surface area (Å²) >= 11 is 0. The highest BCUT2D eigenvalue weighted by molar-refractivity contribution is 4.81. The number of hydrogen-bond donors (Lipinski definition) is 1. The predicted octanol–water partition coefficient (Wildman–Crippen LogP) is 1.35. The van der Waals surface area contributed by atoms with Crippen molar-refractivity contribution in [3.63, 3.8) is 0 Å². The molecule has 1 saturated heterocycles. The zero-order valence-corrected chi connectivity index (χ0v) is 8.17. The van der Waals surface area contributed by atoms with Gasteiger partial charge in [0.25, 0.3) is 0 Å². The van der Waals surface area contributed by atoms with Crippen molar-refractivity contribution in [2.45, 2.75) is 33.2 Å². The summed E-state index contributed by atoms with van der Waals surface area (Å²) in [4.78, 5) is 2.23. The molecule has 0 spiro atoms. The summed E-state index contributed by atoms with van der Waals surface area (Å²) in [7, 11) is 2.07. The minimum absolute atomic E-state index is 0.317. The minimum atomic E-state index is 0.317. The molecule has 0 amide bonds. The van der Waals surface area contributed by atoms with Crippen LogP contribution in [-0.4, -0.2) is 36.2 Å². The Bertz CT molecular complexity index is 85.6. The molecule has 2 nitrogen and oxygen atoms in total. The van der Waals surface area contributed by atoms with Crippen molar-refractivity contribution in [2.75, 3.05) is 20.2 Å². The van der Waals surface area contributed by atoms with E-state index in [4.69, 9.17) is 5.11 Å². The van der Waals surface area contributed by atoms with Gasteiger partial charge in [-0.25, -0.2) is 0 Å². The van der Waals surface area contributed by atoms with Crippen LogP contribution in [-0.2, 0) is 0 Å². The van der Waals surface area contributed by atoms with E-state index in [1.165, 1.54) is 6.42 Å². The molecule has 1 aliphatic rings. The normalized spacial score (nSPS) is 31.4. The van der Waals surface area contributed by atoms with Gasteiger partial charge in [0.05, 0.1) is 6.61 Å². The van der Waals surface area contributed by atoms with Crippen LogP contribution in [0.5, 0.6) is 0 Å². The largest absolute Gasteiger partial charge is 0.395 e. The summed E-state index contributed by atoms with van der Waals surface area (Å²) < 4.78 is 0. The molecule has 11 heavy (non-hydrogen) atoms. The lowest BCUT2D eigenvalue weighted by Gasteiger charge is -2.19. The van der Waals surface area contributed by atoms with E-state index < -0.39 is 0 Å². The third-order valence-electron chi connectivity index (χ3n) is 2.35. The van der Waals surface area contributed by atoms with E-state index in [0.29, 0.717) is 18.6 Å². The first-order chi connectivity index (χ1) is 5.25. The van der Waals surface area contributed by atoms with Crippen molar-refractivity contribution in [3.05, 3.63) is 0 Å². The van der Waals surface area contributed by atoms with E-state index in [0.717, 1.165) is 6.54 Å².